The number of carbonyl (C=O) groups excluding carboxylic acids is 3. The van der Waals surface area contributed by atoms with E-state index in [4.69, 9.17) is 10.5 Å². The van der Waals surface area contributed by atoms with Crippen LogP contribution in [-0.4, -0.2) is 32.9 Å². The lowest BCUT2D eigenvalue weighted by Crippen LogP contribution is -2.37. The Hall–Kier alpha value is -3.66. The standard InChI is InChI=1S/C18H17N3O6S/c19-18(24)20-16(22)12-27-17(23)14-7-4-8-15(11-14)21-28(25,26)10-9-13-5-2-1-3-6-13/h1-11,21H,12H2,(H3,19,20,22,24)/b10-9+. The van der Waals surface area contributed by atoms with Crippen molar-refractivity contribution in [3.63, 3.8) is 0 Å². The van der Waals surface area contributed by atoms with E-state index in [9.17, 15) is 22.8 Å². The van der Waals surface area contributed by atoms with Crippen LogP contribution in [0.15, 0.2) is 60.0 Å². The molecule has 0 fully saturated rings. The van der Waals surface area contributed by atoms with Gasteiger partial charge in [0.2, 0.25) is 0 Å². The third-order valence-electron chi connectivity index (χ3n) is 3.19. The highest BCUT2D eigenvalue weighted by Crippen LogP contribution is 2.14. The Labute approximate surface area is 161 Å². The second-order valence-electron chi connectivity index (χ2n) is 5.43. The maximum Gasteiger partial charge on any atom is 0.338 e. The number of nitrogens with one attached hydrogen (secondary N) is 2. The van der Waals surface area contributed by atoms with E-state index in [2.05, 4.69) is 4.72 Å². The normalized spacial score (nSPS) is 11.0. The number of hydrogen-bond acceptors (Lipinski definition) is 6. The van der Waals surface area contributed by atoms with Crippen molar-refractivity contribution < 1.29 is 27.5 Å². The molecule has 10 heteroatoms. The molecule has 28 heavy (non-hydrogen) atoms. The van der Waals surface area contributed by atoms with Crippen molar-refractivity contribution in [2.75, 3.05) is 11.3 Å². The minimum atomic E-state index is -3.81. The third kappa shape index (κ3) is 6.92. The molecule has 0 aromatic heterocycles. The zero-order valence-corrected chi connectivity index (χ0v) is 15.3. The Morgan fingerprint density at radius 3 is 2.43 bits per heavy atom. The fourth-order valence-corrected chi connectivity index (χ4v) is 2.89. The maximum atomic E-state index is 12.2. The number of imide groups is 1. The lowest BCUT2D eigenvalue weighted by Gasteiger charge is -2.07. The van der Waals surface area contributed by atoms with Crippen molar-refractivity contribution in [3.05, 3.63) is 71.1 Å². The molecule has 2 rings (SSSR count). The Bertz CT molecular complexity index is 1000. The molecule has 4 N–H and O–H groups in total. The van der Waals surface area contributed by atoms with Crippen LogP contribution in [0.2, 0.25) is 0 Å². The largest absolute Gasteiger partial charge is 0.452 e. The quantitative estimate of drug-likeness (QED) is 0.597. The zero-order chi connectivity index (χ0) is 20.6. The van der Waals surface area contributed by atoms with Gasteiger partial charge in [0.15, 0.2) is 6.61 Å². The monoisotopic (exact) mass is 403 g/mol. The topological polar surface area (TPSA) is 145 Å². The van der Waals surface area contributed by atoms with Gasteiger partial charge in [-0.2, -0.15) is 0 Å². The number of sulfonamides is 1. The third-order valence-corrected chi connectivity index (χ3v) is 4.21. The molecule has 146 valence electrons. The van der Waals surface area contributed by atoms with Crippen molar-refractivity contribution in [3.8, 4) is 0 Å². The van der Waals surface area contributed by atoms with E-state index in [0.717, 1.165) is 5.41 Å². The first-order valence-corrected chi connectivity index (χ1v) is 9.42. The molecule has 0 spiro atoms. The van der Waals surface area contributed by atoms with Crippen LogP contribution < -0.4 is 15.8 Å². The van der Waals surface area contributed by atoms with Gasteiger partial charge in [-0.25, -0.2) is 18.0 Å². The highest BCUT2D eigenvalue weighted by atomic mass is 32.2. The molecule has 2 aromatic carbocycles. The highest BCUT2D eigenvalue weighted by molar-refractivity contribution is 7.95. The molecular weight excluding hydrogens is 386 g/mol. The molecule has 9 nitrogen and oxygen atoms in total. The van der Waals surface area contributed by atoms with Gasteiger partial charge in [0.05, 0.1) is 11.0 Å². The van der Waals surface area contributed by atoms with E-state index >= 15 is 0 Å². The Morgan fingerprint density at radius 2 is 1.75 bits per heavy atom. The van der Waals surface area contributed by atoms with Gasteiger partial charge in [0.1, 0.15) is 0 Å². The molecule has 0 heterocycles. The molecule has 0 aliphatic rings. The van der Waals surface area contributed by atoms with Crippen molar-refractivity contribution in [1.82, 2.24) is 5.32 Å². The Kier molecular flexibility index (Phi) is 6.88. The summed E-state index contributed by atoms with van der Waals surface area (Å²) in [7, 11) is -3.81. The van der Waals surface area contributed by atoms with Crippen molar-refractivity contribution >= 4 is 39.7 Å². The van der Waals surface area contributed by atoms with Gasteiger partial charge >= 0.3 is 12.0 Å². The molecule has 0 radical (unpaired) electrons. The molecule has 3 amide bonds. The number of amides is 3. The van der Waals surface area contributed by atoms with Crippen LogP contribution >= 0.6 is 0 Å². The van der Waals surface area contributed by atoms with E-state index in [1.807, 2.05) is 6.07 Å². The summed E-state index contributed by atoms with van der Waals surface area (Å²) >= 11 is 0. The number of carbonyl (C=O) groups is 3. The summed E-state index contributed by atoms with van der Waals surface area (Å²) < 4.78 is 31.4. The van der Waals surface area contributed by atoms with Crippen molar-refractivity contribution in [1.29, 1.82) is 0 Å². The molecule has 0 saturated carbocycles. The van der Waals surface area contributed by atoms with Gasteiger partial charge in [0.25, 0.3) is 15.9 Å². The van der Waals surface area contributed by atoms with E-state index in [-0.39, 0.29) is 11.3 Å². The van der Waals surface area contributed by atoms with Gasteiger partial charge in [-0.3, -0.25) is 14.8 Å². The minimum absolute atomic E-state index is 0.0131. The summed E-state index contributed by atoms with van der Waals surface area (Å²) in [5.41, 5.74) is 5.62. The number of benzene rings is 2. The lowest BCUT2D eigenvalue weighted by atomic mass is 10.2. The second-order valence-corrected chi connectivity index (χ2v) is 7.00. The molecule has 0 atom stereocenters. The van der Waals surface area contributed by atoms with Crippen LogP contribution in [0.4, 0.5) is 10.5 Å². The van der Waals surface area contributed by atoms with Crippen LogP contribution in [-0.2, 0) is 19.6 Å². The SMILES string of the molecule is NC(=O)NC(=O)COC(=O)c1cccc(NS(=O)(=O)/C=C/c2ccccc2)c1. The summed E-state index contributed by atoms with van der Waals surface area (Å²) in [4.78, 5) is 33.7. The van der Waals surface area contributed by atoms with Crippen molar-refractivity contribution in [2.45, 2.75) is 0 Å². The number of ether oxygens (including phenoxy) is 1. The van der Waals surface area contributed by atoms with E-state index in [1.165, 1.54) is 30.3 Å². The van der Waals surface area contributed by atoms with Gasteiger partial charge in [-0.1, -0.05) is 36.4 Å². The summed E-state index contributed by atoms with van der Waals surface area (Å²) in [5.74, 6) is -1.76. The first kappa shape index (κ1) is 20.6. The maximum absolute atomic E-state index is 12.2. The number of rotatable bonds is 7. The van der Waals surface area contributed by atoms with Gasteiger partial charge < -0.3 is 10.5 Å². The van der Waals surface area contributed by atoms with Crippen LogP contribution in [0.5, 0.6) is 0 Å². The lowest BCUT2D eigenvalue weighted by molar-refractivity contribution is -0.123. The average molecular weight is 403 g/mol. The van der Waals surface area contributed by atoms with Crippen LogP contribution in [0, 0.1) is 0 Å². The summed E-state index contributed by atoms with van der Waals surface area (Å²) in [6, 6.07) is 13.3. The first-order valence-electron chi connectivity index (χ1n) is 7.87. The molecule has 2 aromatic rings. The van der Waals surface area contributed by atoms with E-state index < -0.39 is 34.5 Å². The summed E-state index contributed by atoms with van der Waals surface area (Å²) in [5, 5.41) is 2.74. The summed E-state index contributed by atoms with van der Waals surface area (Å²) in [6.45, 7) is -0.711. The fraction of sp³-hybridized carbons (Fsp3) is 0.0556. The van der Waals surface area contributed by atoms with Crippen LogP contribution in [0.1, 0.15) is 15.9 Å². The molecule has 0 unspecified atom stereocenters. The van der Waals surface area contributed by atoms with Crippen molar-refractivity contribution in [2.24, 2.45) is 5.73 Å². The molecular formula is C18H17N3O6S. The Morgan fingerprint density at radius 1 is 1.04 bits per heavy atom. The number of primary amides is 1. The van der Waals surface area contributed by atoms with E-state index in [0.29, 0.717) is 5.56 Å². The number of urea groups is 1. The zero-order valence-electron chi connectivity index (χ0n) is 14.5. The number of nitrogens with two attached hydrogens (primary N) is 1. The predicted molar refractivity (Wildman–Crippen MR) is 102 cm³/mol. The van der Waals surface area contributed by atoms with Gasteiger partial charge in [-0.05, 0) is 29.8 Å². The first-order chi connectivity index (χ1) is 13.2. The van der Waals surface area contributed by atoms with Gasteiger partial charge in [-0.15, -0.1) is 0 Å². The molecule has 0 aliphatic carbocycles. The highest BCUT2D eigenvalue weighted by Gasteiger charge is 2.13. The van der Waals surface area contributed by atoms with E-state index in [1.54, 1.807) is 29.6 Å². The molecule has 0 aliphatic heterocycles. The molecule has 0 saturated heterocycles. The van der Waals surface area contributed by atoms with Crippen LogP contribution in [0.25, 0.3) is 6.08 Å². The fourth-order valence-electron chi connectivity index (χ4n) is 2.03. The second kappa shape index (κ2) is 9.33. The summed E-state index contributed by atoms with van der Waals surface area (Å²) in [6.07, 6.45) is 1.43. The molecule has 0 bridgehead atoms. The van der Waals surface area contributed by atoms with Crippen LogP contribution in [0.3, 0.4) is 0 Å². The average Bonchev–Trinajstić information content (AvgIpc) is 2.65. The Balaban J connectivity index is 2.02. The smallest absolute Gasteiger partial charge is 0.338 e. The minimum Gasteiger partial charge on any atom is -0.452 e. The number of esters is 1. The number of hydrogen-bond donors (Lipinski definition) is 3. The number of anilines is 1. The van der Waals surface area contributed by atoms with Gasteiger partial charge in [0, 0.05) is 5.69 Å². The predicted octanol–water partition coefficient (Wildman–Crippen LogP) is 1.45.